The fourth-order valence-electron chi connectivity index (χ4n) is 3.69. The van der Waals surface area contributed by atoms with Gasteiger partial charge in [0, 0.05) is 16.7 Å². The predicted octanol–water partition coefficient (Wildman–Crippen LogP) is 6.65. The Morgan fingerprint density at radius 2 is 1.94 bits per heavy atom. The molecule has 1 atom stereocenters. The highest BCUT2D eigenvalue weighted by Crippen LogP contribution is 2.33. The van der Waals surface area contributed by atoms with Crippen LogP contribution in [0, 0.1) is 0 Å². The lowest BCUT2D eigenvalue weighted by Gasteiger charge is -2.27. The van der Waals surface area contributed by atoms with E-state index in [9.17, 15) is 4.79 Å². The van der Waals surface area contributed by atoms with Gasteiger partial charge in [0.2, 0.25) is 0 Å². The summed E-state index contributed by atoms with van der Waals surface area (Å²) in [5.74, 6) is 0.800. The lowest BCUT2D eigenvalue weighted by Crippen LogP contribution is -2.36. The molecule has 1 saturated heterocycles. The standard InChI is InChI=1S/C24H27BrN4O2/c1-24(2,3)31-23(30)29-14-6-9-21(29)22-26-15-20(28-22)16-10-12-17(13-11-16)27-19-8-5-4-7-18(19)25/h4-5,7-8,10-13,15,21,27H,6,9,14H2,1-3H3,(H,26,28). The summed E-state index contributed by atoms with van der Waals surface area (Å²) in [7, 11) is 0. The summed E-state index contributed by atoms with van der Waals surface area (Å²) < 4.78 is 6.59. The van der Waals surface area contributed by atoms with Gasteiger partial charge in [-0.15, -0.1) is 0 Å². The van der Waals surface area contributed by atoms with Gasteiger partial charge in [0.05, 0.1) is 23.6 Å². The minimum Gasteiger partial charge on any atom is -0.444 e. The predicted molar refractivity (Wildman–Crippen MR) is 126 cm³/mol. The van der Waals surface area contributed by atoms with Crippen molar-refractivity contribution < 1.29 is 9.53 Å². The molecule has 1 unspecified atom stereocenters. The number of nitrogens with one attached hydrogen (secondary N) is 2. The van der Waals surface area contributed by atoms with Crippen molar-refractivity contribution in [2.75, 3.05) is 11.9 Å². The Morgan fingerprint density at radius 1 is 1.19 bits per heavy atom. The summed E-state index contributed by atoms with van der Waals surface area (Å²) in [6.07, 6.45) is 3.36. The van der Waals surface area contributed by atoms with Crippen LogP contribution in [0.4, 0.5) is 16.2 Å². The Hall–Kier alpha value is -2.80. The van der Waals surface area contributed by atoms with Gasteiger partial charge in [-0.2, -0.15) is 0 Å². The zero-order valence-corrected chi connectivity index (χ0v) is 19.6. The number of aromatic amines is 1. The number of carbonyl (C=O) groups excluding carboxylic acids is 1. The fraction of sp³-hybridized carbons (Fsp3) is 0.333. The molecule has 3 aromatic rings. The van der Waals surface area contributed by atoms with Crippen LogP contribution in [0.3, 0.4) is 0 Å². The van der Waals surface area contributed by atoms with Crippen molar-refractivity contribution in [3.8, 4) is 11.3 Å². The molecule has 2 heterocycles. The SMILES string of the molecule is CC(C)(C)OC(=O)N1CCCC1c1ncc(-c2ccc(Nc3ccccc3Br)cc2)[nH]1. The van der Waals surface area contributed by atoms with E-state index in [1.807, 2.05) is 63.4 Å². The lowest BCUT2D eigenvalue weighted by molar-refractivity contribution is 0.0218. The van der Waals surface area contributed by atoms with Crippen LogP contribution >= 0.6 is 15.9 Å². The molecule has 0 bridgehead atoms. The maximum absolute atomic E-state index is 12.6. The first-order valence-electron chi connectivity index (χ1n) is 10.5. The highest BCUT2D eigenvalue weighted by atomic mass is 79.9. The number of hydrogen-bond donors (Lipinski definition) is 2. The van der Waals surface area contributed by atoms with Crippen molar-refractivity contribution in [1.29, 1.82) is 0 Å². The van der Waals surface area contributed by atoms with Gasteiger partial charge in [0.15, 0.2) is 0 Å². The second kappa shape index (κ2) is 8.75. The van der Waals surface area contributed by atoms with Crippen molar-refractivity contribution >= 4 is 33.4 Å². The molecular formula is C24H27BrN4O2. The summed E-state index contributed by atoms with van der Waals surface area (Å²) in [5.41, 5.74) is 3.48. The third kappa shape index (κ3) is 5.10. The van der Waals surface area contributed by atoms with E-state index in [4.69, 9.17) is 4.74 Å². The van der Waals surface area contributed by atoms with E-state index in [2.05, 4.69) is 43.3 Å². The quantitative estimate of drug-likeness (QED) is 0.436. The molecule has 0 radical (unpaired) electrons. The Bertz CT molecular complexity index is 1060. The number of halogens is 1. The summed E-state index contributed by atoms with van der Waals surface area (Å²) in [6, 6.07) is 16.1. The van der Waals surface area contributed by atoms with Crippen LogP contribution in [0.2, 0.25) is 0 Å². The van der Waals surface area contributed by atoms with Gasteiger partial charge in [-0.25, -0.2) is 9.78 Å². The van der Waals surface area contributed by atoms with E-state index in [0.29, 0.717) is 6.54 Å². The summed E-state index contributed by atoms with van der Waals surface area (Å²) >= 11 is 3.56. The van der Waals surface area contributed by atoms with Crippen LogP contribution in [0.15, 0.2) is 59.2 Å². The van der Waals surface area contributed by atoms with Crippen molar-refractivity contribution in [2.24, 2.45) is 0 Å². The number of aromatic nitrogens is 2. The molecule has 1 aromatic heterocycles. The molecule has 2 N–H and O–H groups in total. The first kappa shape index (κ1) is 21.4. The molecule has 7 heteroatoms. The molecule has 0 aliphatic carbocycles. The highest BCUT2D eigenvalue weighted by Gasteiger charge is 2.34. The van der Waals surface area contributed by atoms with E-state index < -0.39 is 5.60 Å². The van der Waals surface area contributed by atoms with E-state index in [1.54, 1.807) is 4.90 Å². The van der Waals surface area contributed by atoms with Gasteiger partial charge in [-0.3, -0.25) is 4.90 Å². The number of para-hydroxylation sites is 1. The molecule has 6 nitrogen and oxygen atoms in total. The van der Waals surface area contributed by atoms with Crippen LogP contribution in [0.1, 0.15) is 45.5 Å². The monoisotopic (exact) mass is 482 g/mol. The number of amides is 1. The fourth-order valence-corrected chi connectivity index (χ4v) is 4.08. The third-order valence-corrected chi connectivity index (χ3v) is 5.83. The summed E-state index contributed by atoms with van der Waals surface area (Å²) in [5, 5.41) is 3.41. The third-order valence-electron chi connectivity index (χ3n) is 5.14. The number of imidazole rings is 1. The van der Waals surface area contributed by atoms with Crippen molar-refractivity contribution in [1.82, 2.24) is 14.9 Å². The highest BCUT2D eigenvalue weighted by molar-refractivity contribution is 9.10. The zero-order chi connectivity index (χ0) is 22.0. The molecule has 1 aliphatic heterocycles. The van der Waals surface area contributed by atoms with Crippen LogP contribution in [0.25, 0.3) is 11.3 Å². The van der Waals surface area contributed by atoms with Crippen molar-refractivity contribution in [3.05, 3.63) is 65.0 Å². The normalized spacial score (nSPS) is 16.4. The zero-order valence-electron chi connectivity index (χ0n) is 18.0. The molecule has 0 saturated carbocycles. The van der Waals surface area contributed by atoms with Crippen LogP contribution in [-0.2, 0) is 4.74 Å². The molecule has 0 spiro atoms. The molecule has 31 heavy (non-hydrogen) atoms. The topological polar surface area (TPSA) is 70.2 Å². The average molecular weight is 483 g/mol. The Balaban J connectivity index is 1.47. The number of anilines is 2. The second-order valence-corrected chi connectivity index (χ2v) is 9.55. The minimum atomic E-state index is -0.510. The number of ether oxygens (including phenoxy) is 1. The Labute approximate surface area is 191 Å². The summed E-state index contributed by atoms with van der Waals surface area (Å²) in [4.78, 5) is 22.3. The summed E-state index contributed by atoms with van der Waals surface area (Å²) in [6.45, 7) is 6.34. The first-order valence-corrected chi connectivity index (χ1v) is 11.3. The van der Waals surface area contributed by atoms with Crippen LogP contribution in [0.5, 0.6) is 0 Å². The van der Waals surface area contributed by atoms with Gasteiger partial charge in [0.1, 0.15) is 11.4 Å². The van der Waals surface area contributed by atoms with E-state index in [1.165, 1.54) is 0 Å². The van der Waals surface area contributed by atoms with Gasteiger partial charge in [0.25, 0.3) is 0 Å². The van der Waals surface area contributed by atoms with Gasteiger partial charge in [-0.1, -0.05) is 24.3 Å². The molecule has 1 fully saturated rings. The molecule has 162 valence electrons. The van der Waals surface area contributed by atoms with Gasteiger partial charge in [-0.05, 0) is 79.4 Å². The first-order chi connectivity index (χ1) is 14.8. The second-order valence-electron chi connectivity index (χ2n) is 8.70. The minimum absolute atomic E-state index is 0.0834. The van der Waals surface area contributed by atoms with E-state index in [-0.39, 0.29) is 12.1 Å². The Morgan fingerprint density at radius 3 is 2.65 bits per heavy atom. The maximum atomic E-state index is 12.6. The number of rotatable bonds is 4. The van der Waals surface area contributed by atoms with Crippen molar-refractivity contribution in [3.63, 3.8) is 0 Å². The van der Waals surface area contributed by atoms with E-state index in [0.717, 1.165) is 45.8 Å². The largest absolute Gasteiger partial charge is 0.444 e. The number of benzene rings is 2. The van der Waals surface area contributed by atoms with Crippen LogP contribution in [-0.4, -0.2) is 33.1 Å². The Kier molecular flexibility index (Phi) is 6.05. The maximum Gasteiger partial charge on any atom is 0.410 e. The smallest absolute Gasteiger partial charge is 0.410 e. The molecule has 4 rings (SSSR count). The lowest BCUT2D eigenvalue weighted by atomic mass is 10.1. The molecule has 1 amide bonds. The van der Waals surface area contributed by atoms with Crippen LogP contribution < -0.4 is 5.32 Å². The van der Waals surface area contributed by atoms with E-state index >= 15 is 0 Å². The van der Waals surface area contributed by atoms with Crippen molar-refractivity contribution in [2.45, 2.75) is 45.3 Å². The number of H-pyrrole nitrogens is 1. The molecule has 1 aliphatic rings. The number of likely N-dealkylation sites (tertiary alicyclic amines) is 1. The number of hydrogen-bond acceptors (Lipinski definition) is 4. The average Bonchev–Trinajstić information content (AvgIpc) is 3.38. The van der Waals surface area contributed by atoms with Gasteiger partial charge < -0.3 is 15.0 Å². The molecule has 2 aromatic carbocycles. The molecular weight excluding hydrogens is 456 g/mol. The number of nitrogens with zero attached hydrogens (tertiary/aromatic N) is 2. The number of carbonyl (C=O) groups is 1. The van der Waals surface area contributed by atoms with Gasteiger partial charge >= 0.3 is 6.09 Å².